The smallest absolute Gasteiger partial charge is 0.224 e. The molecule has 5 heteroatoms. The highest BCUT2D eigenvalue weighted by atomic mass is 32.2. The lowest BCUT2D eigenvalue weighted by molar-refractivity contribution is 0.129. The van der Waals surface area contributed by atoms with Crippen molar-refractivity contribution in [2.45, 2.75) is 37.3 Å². The van der Waals surface area contributed by atoms with Crippen LogP contribution in [0.25, 0.3) is 10.9 Å². The number of rotatable bonds is 6. The summed E-state index contributed by atoms with van der Waals surface area (Å²) in [5, 5.41) is 5.47. The van der Waals surface area contributed by atoms with Crippen molar-refractivity contribution in [3.63, 3.8) is 0 Å². The van der Waals surface area contributed by atoms with E-state index in [9.17, 15) is 0 Å². The van der Waals surface area contributed by atoms with E-state index in [0.29, 0.717) is 6.10 Å². The number of ether oxygens (including phenoxy) is 1. The molecule has 1 saturated heterocycles. The molecule has 0 amide bonds. The first-order valence-corrected chi connectivity index (χ1v) is 8.60. The second kappa shape index (κ2) is 7.09. The van der Waals surface area contributed by atoms with E-state index >= 15 is 0 Å². The van der Waals surface area contributed by atoms with Gasteiger partial charge in [0.25, 0.3) is 0 Å². The van der Waals surface area contributed by atoms with Crippen LogP contribution in [0.1, 0.15) is 26.2 Å². The molecule has 112 valence electrons. The van der Waals surface area contributed by atoms with E-state index < -0.39 is 0 Å². The maximum Gasteiger partial charge on any atom is 0.224 e. The van der Waals surface area contributed by atoms with E-state index in [2.05, 4.69) is 28.3 Å². The normalized spacial score (nSPS) is 18.2. The summed E-state index contributed by atoms with van der Waals surface area (Å²) in [6.07, 6.45) is 3.78. The third kappa shape index (κ3) is 3.66. The van der Waals surface area contributed by atoms with Crippen LogP contribution in [0.4, 0.5) is 5.95 Å². The van der Waals surface area contributed by atoms with Gasteiger partial charge >= 0.3 is 0 Å². The van der Waals surface area contributed by atoms with Gasteiger partial charge in [0.2, 0.25) is 5.95 Å². The molecule has 3 rings (SSSR count). The molecule has 0 saturated carbocycles. The lowest BCUT2D eigenvalue weighted by Gasteiger charge is -2.11. The van der Waals surface area contributed by atoms with E-state index in [0.717, 1.165) is 53.6 Å². The van der Waals surface area contributed by atoms with Crippen LogP contribution < -0.4 is 5.32 Å². The first kappa shape index (κ1) is 14.6. The molecule has 2 aromatic rings. The topological polar surface area (TPSA) is 47.0 Å². The SMILES string of the molecule is CCCNc1nc(SCC2CCCO2)c2ccccc2n1. The minimum Gasteiger partial charge on any atom is -0.377 e. The van der Waals surface area contributed by atoms with Crippen LogP contribution >= 0.6 is 11.8 Å². The first-order valence-electron chi connectivity index (χ1n) is 7.62. The zero-order valence-corrected chi connectivity index (χ0v) is 13.2. The zero-order chi connectivity index (χ0) is 14.5. The molecular weight excluding hydrogens is 282 g/mol. The number of benzene rings is 1. The largest absolute Gasteiger partial charge is 0.377 e. The highest BCUT2D eigenvalue weighted by Gasteiger charge is 2.17. The van der Waals surface area contributed by atoms with Crippen molar-refractivity contribution in [3.05, 3.63) is 24.3 Å². The quantitative estimate of drug-likeness (QED) is 0.651. The Bertz CT molecular complexity index is 599. The van der Waals surface area contributed by atoms with Gasteiger partial charge < -0.3 is 10.1 Å². The van der Waals surface area contributed by atoms with Crippen LogP contribution in [0.15, 0.2) is 29.3 Å². The third-order valence-electron chi connectivity index (χ3n) is 3.53. The van der Waals surface area contributed by atoms with Crippen molar-refractivity contribution in [1.29, 1.82) is 0 Å². The molecule has 1 aliphatic rings. The lowest BCUT2D eigenvalue weighted by Crippen LogP contribution is -2.09. The summed E-state index contributed by atoms with van der Waals surface area (Å²) in [5.74, 6) is 1.69. The molecule has 2 heterocycles. The van der Waals surface area contributed by atoms with E-state index in [1.54, 1.807) is 11.8 Å². The zero-order valence-electron chi connectivity index (χ0n) is 12.3. The number of fused-ring (bicyclic) bond motifs is 1. The van der Waals surface area contributed by atoms with Gasteiger partial charge in [-0.05, 0) is 25.3 Å². The van der Waals surface area contributed by atoms with Crippen molar-refractivity contribution in [1.82, 2.24) is 9.97 Å². The van der Waals surface area contributed by atoms with Crippen molar-refractivity contribution in [2.24, 2.45) is 0 Å². The van der Waals surface area contributed by atoms with Crippen LogP contribution in [0, 0.1) is 0 Å². The molecule has 0 radical (unpaired) electrons. The van der Waals surface area contributed by atoms with Gasteiger partial charge in [-0.25, -0.2) is 9.97 Å². The van der Waals surface area contributed by atoms with Gasteiger partial charge in [0.1, 0.15) is 5.03 Å². The fourth-order valence-electron chi connectivity index (χ4n) is 2.42. The number of anilines is 1. The molecule has 1 atom stereocenters. The average Bonchev–Trinajstić information content (AvgIpc) is 3.04. The second-order valence-electron chi connectivity index (χ2n) is 5.24. The van der Waals surface area contributed by atoms with E-state index in [1.807, 2.05) is 18.2 Å². The van der Waals surface area contributed by atoms with Gasteiger partial charge in [0.15, 0.2) is 0 Å². The van der Waals surface area contributed by atoms with Gasteiger partial charge in [0.05, 0.1) is 11.6 Å². The lowest BCUT2D eigenvalue weighted by atomic mass is 10.2. The van der Waals surface area contributed by atoms with Crippen molar-refractivity contribution in [3.8, 4) is 0 Å². The number of nitrogens with zero attached hydrogens (tertiary/aromatic N) is 2. The van der Waals surface area contributed by atoms with Crippen molar-refractivity contribution >= 4 is 28.6 Å². The van der Waals surface area contributed by atoms with Crippen molar-refractivity contribution in [2.75, 3.05) is 24.2 Å². The maximum atomic E-state index is 5.70. The Labute approximate surface area is 129 Å². The Morgan fingerprint density at radius 1 is 1.33 bits per heavy atom. The fraction of sp³-hybridized carbons (Fsp3) is 0.500. The van der Waals surface area contributed by atoms with Gasteiger partial charge in [-0.1, -0.05) is 25.1 Å². The summed E-state index contributed by atoms with van der Waals surface area (Å²) < 4.78 is 5.70. The molecule has 1 fully saturated rings. The molecule has 0 spiro atoms. The van der Waals surface area contributed by atoms with Gasteiger partial charge in [-0.3, -0.25) is 0 Å². The summed E-state index contributed by atoms with van der Waals surface area (Å²) in [6, 6.07) is 8.20. The summed E-state index contributed by atoms with van der Waals surface area (Å²) in [6.45, 7) is 3.94. The monoisotopic (exact) mass is 303 g/mol. The molecule has 21 heavy (non-hydrogen) atoms. The number of hydrogen-bond donors (Lipinski definition) is 1. The Morgan fingerprint density at radius 3 is 3.05 bits per heavy atom. The highest BCUT2D eigenvalue weighted by Crippen LogP contribution is 2.29. The number of aromatic nitrogens is 2. The summed E-state index contributed by atoms with van der Waals surface area (Å²) in [4.78, 5) is 9.27. The molecule has 1 aliphatic heterocycles. The van der Waals surface area contributed by atoms with Gasteiger partial charge in [-0.2, -0.15) is 0 Å². The maximum absolute atomic E-state index is 5.70. The molecule has 1 N–H and O–H groups in total. The number of thioether (sulfide) groups is 1. The van der Waals surface area contributed by atoms with Gasteiger partial charge in [-0.15, -0.1) is 11.8 Å². The highest BCUT2D eigenvalue weighted by molar-refractivity contribution is 7.99. The predicted octanol–water partition coefficient (Wildman–Crippen LogP) is 3.72. The van der Waals surface area contributed by atoms with Crippen LogP contribution in [-0.4, -0.2) is 35.0 Å². The van der Waals surface area contributed by atoms with Gasteiger partial charge in [0, 0.05) is 24.3 Å². The number of hydrogen-bond acceptors (Lipinski definition) is 5. The molecule has 1 aromatic carbocycles. The molecular formula is C16H21N3OS. The molecule has 0 bridgehead atoms. The second-order valence-corrected chi connectivity index (χ2v) is 6.25. The molecule has 4 nitrogen and oxygen atoms in total. The summed E-state index contributed by atoms with van der Waals surface area (Å²) in [7, 11) is 0. The van der Waals surface area contributed by atoms with E-state index in [1.165, 1.54) is 6.42 Å². The van der Waals surface area contributed by atoms with E-state index in [-0.39, 0.29) is 0 Å². The minimum absolute atomic E-state index is 0.371. The number of nitrogens with one attached hydrogen (secondary N) is 1. The van der Waals surface area contributed by atoms with Crippen LogP contribution in [0.2, 0.25) is 0 Å². The Morgan fingerprint density at radius 2 is 2.24 bits per heavy atom. The number of para-hydroxylation sites is 1. The molecule has 1 unspecified atom stereocenters. The van der Waals surface area contributed by atoms with Crippen LogP contribution in [0.5, 0.6) is 0 Å². The minimum atomic E-state index is 0.371. The Balaban J connectivity index is 1.82. The molecule has 0 aliphatic carbocycles. The van der Waals surface area contributed by atoms with Crippen LogP contribution in [-0.2, 0) is 4.74 Å². The van der Waals surface area contributed by atoms with Crippen molar-refractivity contribution < 1.29 is 4.74 Å². The average molecular weight is 303 g/mol. The Kier molecular flexibility index (Phi) is 4.93. The predicted molar refractivity (Wildman–Crippen MR) is 88.0 cm³/mol. The standard InChI is InChI=1S/C16H21N3OS/c1-2-9-17-16-18-14-8-4-3-7-13(14)15(19-16)21-11-12-6-5-10-20-12/h3-4,7-8,12H,2,5-6,9-11H2,1H3,(H,17,18,19). The summed E-state index contributed by atoms with van der Waals surface area (Å²) in [5.41, 5.74) is 1.00. The first-order chi connectivity index (χ1) is 10.4. The Hall–Kier alpha value is -1.33. The third-order valence-corrected chi connectivity index (χ3v) is 4.65. The van der Waals surface area contributed by atoms with E-state index in [4.69, 9.17) is 4.74 Å². The summed E-state index contributed by atoms with van der Waals surface area (Å²) >= 11 is 1.78. The molecule has 1 aromatic heterocycles. The fourth-order valence-corrected chi connectivity index (χ4v) is 3.51. The van der Waals surface area contributed by atoms with Crippen LogP contribution in [0.3, 0.4) is 0 Å².